The van der Waals surface area contributed by atoms with E-state index in [-0.39, 0.29) is 18.2 Å². The van der Waals surface area contributed by atoms with Crippen LogP contribution in [0.2, 0.25) is 0 Å². The standard InChI is InChI=1S/C16H20F3NO2/c1-11-7-9-20(10-14(11)21)15(22)13-4-2-12(3-5-13)6-8-16(17,18)19/h2-5,11,14,21H,6-10H2,1H3. The summed E-state index contributed by atoms with van der Waals surface area (Å²) in [5.41, 5.74) is 0.999. The molecule has 1 N–H and O–H groups in total. The van der Waals surface area contributed by atoms with Crippen LogP contribution in [0.1, 0.15) is 35.7 Å². The molecule has 1 aliphatic heterocycles. The molecule has 2 atom stereocenters. The molecule has 6 heteroatoms. The second kappa shape index (κ2) is 6.69. The lowest BCUT2D eigenvalue weighted by Crippen LogP contribution is -2.45. The molecule has 0 radical (unpaired) electrons. The zero-order valence-corrected chi connectivity index (χ0v) is 12.4. The molecule has 1 aromatic rings. The molecule has 1 heterocycles. The number of amides is 1. The van der Waals surface area contributed by atoms with Crippen LogP contribution in [0.4, 0.5) is 13.2 Å². The van der Waals surface area contributed by atoms with E-state index in [0.717, 1.165) is 6.42 Å². The SMILES string of the molecule is CC1CCN(C(=O)c2ccc(CCC(F)(F)F)cc2)CC1O. The van der Waals surface area contributed by atoms with E-state index in [2.05, 4.69) is 0 Å². The number of carbonyl (C=O) groups is 1. The van der Waals surface area contributed by atoms with E-state index in [4.69, 9.17) is 0 Å². The number of hydrogen-bond donors (Lipinski definition) is 1. The van der Waals surface area contributed by atoms with Crippen molar-refractivity contribution < 1.29 is 23.1 Å². The van der Waals surface area contributed by atoms with E-state index in [1.165, 1.54) is 0 Å². The smallest absolute Gasteiger partial charge is 0.389 e. The molecule has 1 fully saturated rings. The van der Waals surface area contributed by atoms with Crippen molar-refractivity contribution in [2.45, 2.75) is 38.5 Å². The second-order valence-corrected chi connectivity index (χ2v) is 5.90. The van der Waals surface area contributed by atoms with E-state index in [1.807, 2.05) is 6.92 Å². The minimum Gasteiger partial charge on any atom is -0.391 e. The van der Waals surface area contributed by atoms with E-state index in [0.29, 0.717) is 24.2 Å². The molecule has 2 rings (SSSR count). The number of halogens is 3. The first-order chi connectivity index (χ1) is 10.3. The van der Waals surface area contributed by atoms with Crippen molar-refractivity contribution >= 4 is 5.91 Å². The summed E-state index contributed by atoms with van der Waals surface area (Å²) in [6.45, 7) is 2.84. The summed E-state index contributed by atoms with van der Waals surface area (Å²) < 4.78 is 36.5. The minimum absolute atomic E-state index is 0.0854. The van der Waals surface area contributed by atoms with Gasteiger partial charge in [0.2, 0.25) is 0 Å². The van der Waals surface area contributed by atoms with Gasteiger partial charge >= 0.3 is 6.18 Å². The predicted octanol–water partition coefficient (Wildman–Crippen LogP) is 3.02. The number of hydrogen-bond acceptors (Lipinski definition) is 2. The number of aryl methyl sites for hydroxylation is 1. The molecule has 1 saturated heterocycles. The summed E-state index contributed by atoms with van der Waals surface area (Å²) in [6, 6.07) is 6.22. The average Bonchev–Trinajstić information content (AvgIpc) is 2.47. The van der Waals surface area contributed by atoms with E-state index in [1.54, 1.807) is 29.2 Å². The highest BCUT2D eigenvalue weighted by atomic mass is 19.4. The third-order valence-corrected chi connectivity index (χ3v) is 4.10. The van der Waals surface area contributed by atoms with Crippen molar-refractivity contribution in [2.75, 3.05) is 13.1 Å². The van der Waals surface area contributed by atoms with Crippen molar-refractivity contribution in [3.63, 3.8) is 0 Å². The molecule has 1 aromatic carbocycles. The highest BCUT2D eigenvalue weighted by Crippen LogP contribution is 2.23. The maximum atomic E-state index is 12.3. The number of β-amino-alcohol motifs (C(OH)–C–C–N with tert-alkyl or cyclic N) is 1. The van der Waals surface area contributed by atoms with Gasteiger partial charge in [0.25, 0.3) is 5.91 Å². The lowest BCUT2D eigenvalue weighted by Gasteiger charge is -2.34. The molecule has 0 aromatic heterocycles. The summed E-state index contributed by atoms with van der Waals surface area (Å²) in [7, 11) is 0. The zero-order chi connectivity index (χ0) is 16.3. The summed E-state index contributed by atoms with van der Waals surface area (Å²) in [4.78, 5) is 13.9. The fourth-order valence-electron chi connectivity index (χ4n) is 2.52. The van der Waals surface area contributed by atoms with Gasteiger partial charge in [-0.3, -0.25) is 4.79 Å². The number of aliphatic hydroxyl groups is 1. The van der Waals surface area contributed by atoms with E-state index >= 15 is 0 Å². The Morgan fingerprint density at radius 3 is 2.50 bits per heavy atom. The Labute approximate surface area is 127 Å². The summed E-state index contributed by atoms with van der Waals surface area (Å²) in [5.74, 6) is -0.0119. The van der Waals surface area contributed by atoms with Crippen LogP contribution in [0.15, 0.2) is 24.3 Å². The molecule has 22 heavy (non-hydrogen) atoms. The third-order valence-electron chi connectivity index (χ3n) is 4.10. The Morgan fingerprint density at radius 2 is 1.95 bits per heavy atom. The Hall–Kier alpha value is -1.56. The molecule has 0 saturated carbocycles. The van der Waals surface area contributed by atoms with Crippen LogP contribution in [0, 0.1) is 5.92 Å². The minimum atomic E-state index is -4.17. The molecule has 0 spiro atoms. The van der Waals surface area contributed by atoms with Gasteiger partial charge in [-0.25, -0.2) is 0 Å². The van der Waals surface area contributed by atoms with Crippen LogP contribution in [0.3, 0.4) is 0 Å². The van der Waals surface area contributed by atoms with Gasteiger partial charge in [0.05, 0.1) is 6.10 Å². The van der Waals surface area contributed by atoms with Crippen molar-refractivity contribution in [2.24, 2.45) is 5.92 Å². The first-order valence-corrected chi connectivity index (χ1v) is 7.39. The normalized spacial score (nSPS) is 22.7. The Kier molecular flexibility index (Phi) is 5.11. The van der Waals surface area contributed by atoms with Gasteiger partial charge in [0, 0.05) is 25.1 Å². The molecule has 0 bridgehead atoms. The van der Waals surface area contributed by atoms with Gasteiger partial charge in [0.1, 0.15) is 0 Å². The molecule has 2 unspecified atom stereocenters. The van der Waals surface area contributed by atoms with Gasteiger partial charge < -0.3 is 10.0 Å². The van der Waals surface area contributed by atoms with Crippen LogP contribution in [0.25, 0.3) is 0 Å². The van der Waals surface area contributed by atoms with Crippen molar-refractivity contribution in [3.8, 4) is 0 Å². The first kappa shape index (κ1) is 16.8. The maximum Gasteiger partial charge on any atom is 0.389 e. The number of piperidine rings is 1. The predicted molar refractivity (Wildman–Crippen MR) is 76.5 cm³/mol. The molecular weight excluding hydrogens is 295 g/mol. The van der Waals surface area contributed by atoms with Gasteiger partial charge in [-0.1, -0.05) is 19.1 Å². The van der Waals surface area contributed by atoms with Crippen LogP contribution >= 0.6 is 0 Å². The number of nitrogens with zero attached hydrogens (tertiary/aromatic N) is 1. The van der Waals surface area contributed by atoms with Crippen LogP contribution in [0.5, 0.6) is 0 Å². The number of alkyl halides is 3. The Morgan fingerprint density at radius 1 is 1.32 bits per heavy atom. The molecule has 122 valence electrons. The van der Waals surface area contributed by atoms with E-state index in [9.17, 15) is 23.1 Å². The summed E-state index contributed by atoms with van der Waals surface area (Å²) in [6.07, 6.45) is -4.90. The van der Waals surface area contributed by atoms with Gasteiger partial charge in [-0.05, 0) is 36.5 Å². The number of rotatable bonds is 3. The van der Waals surface area contributed by atoms with Gasteiger partial charge in [-0.15, -0.1) is 0 Å². The molecule has 1 aliphatic rings. The number of likely N-dealkylation sites (tertiary alicyclic amines) is 1. The Bertz CT molecular complexity index is 513. The van der Waals surface area contributed by atoms with Crippen molar-refractivity contribution in [3.05, 3.63) is 35.4 Å². The van der Waals surface area contributed by atoms with Gasteiger partial charge in [-0.2, -0.15) is 13.2 Å². The molecule has 3 nitrogen and oxygen atoms in total. The fraction of sp³-hybridized carbons (Fsp3) is 0.562. The monoisotopic (exact) mass is 315 g/mol. The number of benzene rings is 1. The molecule has 1 amide bonds. The first-order valence-electron chi connectivity index (χ1n) is 7.39. The topological polar surface area (TPSA) is 40.5 Å². The fourth-order valence-corrected chi connectivity index (χ4v) is 2.52. The number of carbonyl (C=O) groups excluding carboxylic acids is 1. The second-order valence-electron chi connectivity index (χ2n) is 5.90. The Balaban J connectivity index is 1.96. The quantitative estimate of drug-likeness (QED) is 0.931. The summed E-state index contributed by atoms with van der Waals surface area (Å²) >= 11 is 0. The van der Waals surface area contributed by atoms with Crippen molar-refractivity contribution in [1.29, 1.82) is 0 Å². The summed E-state index contributed by atoms with van der Waals surface area (Å²) in [5, 5.41) is 9.83. The van der Waals surface area contributed by atoms with Crippen molar-refractivity contribution in [1.82, 2.24) is 4.90 Å². The molecular formula is C16H20F3NO2. The largest absolute Gasteiger partial charge is 0.391 e. The lowest BCUT2D eigenvalue weighted by molar-refractivity contribution is -0.134. The van der Waals surface area contributed by atoms with Crippen LogP contribution in [-0.2, 0) is 6.42 Å². The number of aliphatic hydroxyl groups excluding tert-OH is 1. The highest BCUT2D eigenvalue weighted by Gasteiger charge is 2.28. The molecule has 0 aliphatic carbocycles. The third kappa shape index (κ3) is 4.47. The van der Waals surface area contributed by atoms with Crippen LogP contribution < -0.4 is 0 Å². The van der Waals surface area contributed by atoms with Gasteiger partial charge in [0.15, 0.2) is 0 Å². The average molecular weight is 315 g/mol. The van der Waals surface area contributed by atoms with E-state index < -0.39 is 18.7 Å². The van der Waals surface area contributed by atoms with Crippen LogP contribution in [-0.4, -0.2) is 41.3 Å². The lowest BCUT2D eigenvalue weighted by atomic mass is 9.95. The maximum absolute atomic E-state index is 12.3. The zero-order valence-electron chi connectivity index (χ0n) is 12.4. The highest BCUT2D eigenvalue weighted by molar-refractivity contribution is 5.94.